The number of aryl methyl sites for hydroxylation is 1. The Labute approximate surface area is 145 Å². The van der Waals surface area contributed by atoms with Gasteiger partial charge < -0.3 is 0 Å². The van der Waals surface area contributed by atoms with Crippen molar-refractivity contribution in [1.29, 1.82) is 0 Å². The molecule has 2 atom stereocenters. The van der Waals surface area contributed by atoms with Crippen LogP contribution in [-0.4, -0.2) is 38.0 Å². The first kappa shape index (κ1) is 16.1. The van der Waals surface area contributed by atoms with Gasteiger partial charge in [0.05, 0.1) is 23.6 Å². The van der Waals surface area contributed by atoms with Crippen LogP contribution in [0, 0.1) is 12.7 Å². The zero-order chi connectivity index (χ0) is 17.8. The normalized spacial score (nSPS) is 24.6. The Morgan fingerprint density at radius 2 is 1.56 bits per heavy atom. The third-order valence-corrected chi connectivity index (χ3v) is 6.55. The van der Waals surface area contributed by atoms with Crippen molar-refractivity contribution in [1.82, 2.24) is 0 Å². The van der Waals surface area contributed by atoms with Gasteiger partial charge in [0.1, 0.15) is 5.82 Å². The average Bonchev–Trinajstić information content (AvgIpc) is 2.99. The summed E-state index contributed by atoms with van der Waals surface area (Å²) < 4.78 is 37.7. The number of hydrogen-bond donors (Lipinski definition) is 0. The lowest BCUT2D eigenvalue weighted by molar-refractivity contribution is 0.255. The summed E-state index contributed by atoms with van der Waals surface area (Å²) >= 11 is 0. The SMILES string of the molecule is Cc1ccccc1N1C(=O)N(c2ccc(F)cc2)C2CS(=O)(=O)CC21. The first-order valence-corrected chi connectivity index (χ1v) is 9.83. The van der Waals surface area contributed by atoms with Gasteiger partial charge in [-0.25, -0.2) is 17.6 Å². The molecule has 2 unspecified atom stereocenters. The maximum absolute atomic E-state index is 13.2. The molecule has 2 aromatic carbocycles. The van der Waals surface area contributed by atoms with Gasteiger partial charge in [-0.15, -0.1) is 0 Å². The van der Waals surface area contributed by atoms with Crippen LogP contribution in [0.1, 0.15) is 5.56 Å². The van der Waals surface area contributed by atoms with Gasteiger partial charge in [-0.3, -0.25) is 9.80 Å². The van der Waals surface area contributed by atoms with Crippen molar-refractivity contribution < 1.29 is 17.6 Å². The molecule has 4 rings (SSSR count). The molecule has 2 aromatic rings. The summed E-state index contributed by atoms with van der Waals surface area (Å²) in [6.45, 7) is 1.89. The lowest BCUT2D eigenvalue weighted by Gasteiger charge is -2.24. The highest BCUT2D eigenvalue weighted by Crippen LogP contribution is 2.38. The van der Waals surface area contributed by atoms with Crippen LogP contribution in [0.15, 0.2) is 48.5 Å². The number of fused-ring (bicyclic) bond motifs is 1. The summed E-state index contributed by atoms with van der Waals surface area (Å²) in [5.41, 5.74) is 2.12. The van der Waals surface area contributed by atoms with Gasteiger partial charge in [-0.05, 0) is 42.8 Å². The highest BCUT2D eigenvalue weighted by atomic mass is 32.2. The Morgan fingerprint density at radius 3 is 2.20 bits per heavy atom. The Hall–Kier alpha value is -2.41. The van der Waals surface area contributed by atoms with Crippen LogP contribution in [-0.2, 0) is 9.84 Å². The minimum Gasteiger partial charge on any atom is -0.288 e. The Balaban J connectivity index is 1.83. The number of sulfone groups is 1. The summed E-state index contributed by atoms with van der Waals surface area (Å²) in [6, 6.07) is 11.8. The largest absolute Gasteiger partial charge is 0.329 e. The number of amides is 2. The second-order valence-corrected chi connectivity index (χ2v) is 8.65. The number of rotatable bonds is 2. The molecule has 2 heterocycles. The first-order chi connectivity index (χ1) is 11.9. The van der Waals surface area contributed by atoms with Crippen molar-refractivity contribution in [3.63, 3.8) is 0 Å². The Morgan fingerprint density at radius 1 is 0.960 bits per heavy atom. The number of carbonyl (C=O) groups is 1. The predicted octanol–water partition coefficient (Wildman–Crippen LogP) is 2.75. The van der Waals surface area contributed by atoms with Crippen LogP contribution >= 0.6 is 0 Å². The summed E-state index contributed by atoms with van der Waals surface area (Å²) in [6.07, 6.45) is 0. The Kier molecular flexibility index (Phi) is 3.57. The molecule has 0 N–H and O–H groups in total. The quantitative estimate of drug-likeness (QED) is 0.774. The van der Waals surface area contributed by atoms with Gasteiger partial charge in [0.15, 0.2) is 9.84 Å². The molecule has 0 radical (unpaired) electrons. The van der Waals surface area contributed by atoms with Crippen molar-refractivity contribution in [2.45, 2.75) is 19.0 Å². The second kappa shape index (κ2) is 5.56. The number of halogens is 1. The molecule has 0 aliphatic carbocycles. The number of benzene rings is 2. The highest BCUT2D eigenvalue weighted by Gasteiger charge is 2.54. The number of para-hydroxylation sites is 1. The molecular formula is C18H17FN2O3S. The van der Waals surface area contributed by atoms with Crippen LogP contribution in [0.2, 0.25) is 0 Å². The summed E-state index contributed by atoms with van der Waals surface area (Å²) in [5, 5.41) is 0. The van der Waals surface area contributed by atoms with Gasteiger partial charge in [0, 0.05) is 11.4 Å². The third kappa shape index (κ3) is 2.59. The van der Waals surface area contributed by atoms with E-state index < -0.39 is 27.7 Å². The molecule has 25 heavy (non-hydrogen) atoms. The molecule has 130 valence electrons. The van der Waals surface area contributed by atoms with Crippen molar-refractivity contribution in [3.8, 4) is 0 Å². The van der Waals surface area contributed by atoms with Crippen molar-refractivity contribution >= 4 is 27.2 Å². The zero-order valence-electron chi connectivity index (χ0n) is 13.6. The zero-order valence-corrected chi connectivity index (χ0v) is 14.4. The topological polar surface area (TPSA) is 57.7 Å². The number of hydrogen-bond acceptors (Lipinski definition) is 3. The summed E-state index contributed by atoms with van der Waals surface area (Å²) in [7, 11) is -3.24. The molecule has 0 saturated carbocycles. The number of urea groups is 1. The van der Waals surface area contributed by atoms with E-state index in [0.29, 0.717) is 11.4 Å². The molecular weight excluding hydrogens is 343 g/mol. The van der Waals surface area contributed by atoms with E-state index >= 15 is 0 Å². The molecule has 2 aliphatic rings. The van der Waals surface area contributed by atoms with E-state index in [9.17, 15) is 17.6 Å². The van der Waals surface area contributed by atoms with E-state index in [1.165, 1.54) is 29.2 Å². The maximum atomic E-state index is 13.2. The first-order valence-electron chi connectivity index (χ1n) is 8.01. The van der Waals surface area contributed by atoms with Crippen molar-refractivity contribution in [2.24, 2.45) is 0 Å². The number of anilines is 2. The van der Waals surface area contributed by atoms with Gasteiger partial charge in [-0.1, -0.05) is 18.2 Å². The fourth-order valence-electron chi connectivity index (χ4n) is 3.72. The second-order valence-electron chi connectivity index (χ2n) is 6.50. The van der Waals surface area contributed by atoms with Gasteiger partial charge in [0.2, 0.25) is 0 Å². The van der Waals surface area contributed by atoms with Crippen LogP contribution < -0.4 is 9.80 Å². The van der Waals surface area contributed by atoms with E-state index in [2.05, 4.69) is 0 Å². The van der Waals surface area contributed by atoms with Crippen LogP contribution in [0.25, 0.3) is 0 Å². The molecule has 5 nitrogen and oxygen atoms in total. The molecule has 2 aliphatic heterocycles. The van der Waals surface area contributed by atoms with Crippen LogP contribution in [0.5, 0.6) is 0 Å². The molecule has 0 spiro atoms. The minimum atomic E-state index is -3.24. The summed E-state index contributed by atoms with van der Waals surface area (Å²) in [4.78, 5) is 16.2. The third-order valence-electron chi connectivity index (χ3n) is 4.85. The molecule has 0 aromatic heterocycles. The average molecular weight is 360 g/mol. The lowest BCUT2D eigenvalue weighted by atomic mass is 10.1. The molecule has 2 fully saturated rings. The standard InChI is InChI=1S/C18H17FN2O3S/c1-12-4-2-3-5-15(12)21-17-11-25(23,24)10-16(17)20(18(21)22)14-8-6-13(19)7-9-14/h2-9,16-17H,10-11H2,1H3. The fraction of sp³-hybridized carbons (Fsp3) is 0.278. The van der Waals surface area contributed by atoms with Gasteiger partial charge in [0.25, 0.3) is 0 Å². The van der Waals surface area contributed by atoms with E-state index in [1.807, 2.05) is 31.2 Å². The lowest BCUT2D eigenvalue weighted by Crippen LogP contribution is -2.38. The van der Waals surface area contributed by atoms with E-state index in [0.717, 1.165) is 5.56 Å². The molecule has 2 saturated heterocycles. The van der Waals surface area contributed by atoms with Gasteiger partial charge >= 0.3 is 6.03 Å². The van der Waals surface area contributed by atoms with E-state index in [4.69, 9.17) is 0 Å². The monoisotopic (exact) mass is 360 g/mol. The fourth-order valence-corrected chi connectivity index (χ4v) is 5.64. The number of nitrogens with zero attached hydrogens (tertiary/aromatic N) is 2. The van der Waals surface area contributed by atoms with Crippen molar-refractivity contribution in [2.75, 3.05) is 21.3 Å². The van der Waals surface area contributed by atoms with E-state index in [-0.39, 0.29) is 17.5 Å². The highest BCUT2D eigenvalue weighted by molar-refractivity contribution is 7.91. The maximum Gasteiger partial charge on any atom is 0.329 e. The van der Waals surface area contributed by atoms with Crippen molar-refractivity contribution in [3.05, 3.63) is 59.9 Å². The number of carbonyl (C=O) groups excluding carboxylic acids is 1. The predicted molar refractivity (Wildman–Crippen MR) is 94.2 cm³/mol. The van der Waals surface area contributed by atoms with Crippen LogP contribution in [0.4, 0.5) is 20.6 Å². The minimum absolute atomic E-state index is 0.0601. The molecule has 2 amide bonds. The van der Waals surface area contributed by atoms with E-state index in [1.54, 1.807) is 4.90 Å². The van der Waals surface area contributed by atoms with Gasteiger partial charge in [-0.2, -0.15) is 0 Å². The van der Waals surface area contributed by atoms with Crippen LogP contribution in [0.3, 0.4) is 0 Å². The summed E-state index contributed by atoms with van der Waals surface area (Å²) in [5.74, 6) is -0.541. The smallest absolute Gasteiger partial charge is 0.288 e. The molecule has 0 bridgehead atoms. The molecule has 7 heteroatoms. The Bertz CT molecular complexity index is 943.